The summed E-state index contributed by atoms with van der Waals surface area (Å²) in [5.74, 6) is 0.811. The maximum absolute atomic E-state index is 14.9. The summed E-state index contributed by atoms with van der Waals surface area (Å²) in [7, 11) is -3.45. The first-order valence-corrected chi connectivity index (χ1v) is 15.6. The van der Waals surface area contributed by atoms with Crippen molar-refractivity contribution in [1.82, 2.24) is 0 Å². The summed E-state index contributed by atoms with van der Waals surface area (Å²) in [6.45, 7) is 16.5. The molecule has 0 spiro atoms. The standard InChI is InChI=1S/C30H39Cl2N2O3P/c1-16(2)21-11-24(17(3)4)26(25(12-21)18(5)6)15-38(37,33-22-9-19(7)29(35)27(31)13-22)34-23-10-20(8)30(36)28(32)14-23/h9-14,16-18,35-36H,15H2,1-8H3,(H2,33,34,37). The van der Waals surface area contributed by atoms with Crippen molar-refractivity contribution in [3.8, 4) is 11.5 Å². The van der Waals surface area contributed by atoms with Crippen molar-refractivity contribution in [2.45, 2.75) is 79.3 Å². The van der Waals surface area contributed by atoms with Crippen LogP contribution in [0.5, 0.6) is 11.5 Å². The third-order valence-corrected chi connectivity index (χ3v) is 9.34. The molecule has 0 aliphatic heterocycles. The molecule has 0 unspecified atom stereocenters. The van der Waals surface area contributed by atoms with Gasteiger partial charge in [0.2, 0.25) is 0 Å². The van der Waals surface area contributed by atoms with E-state index in [4.69, 9.17) is 23.2 Å². The topological polar surface area (TPSA) is 81.6 Å². The Bertz CT molecular complexity index is 1250. The molecule has 5 nitrogen and oxygen atoms in total. The maximum Gasteiger partial charge on any atom is 0.262 e. The maximum atomic E-state index is 14.9. The highest BCUT2D eigenvalue weighted by molar-refractivity contribution is 7.66. The van der Waals surface area contributed by atoms with E-state index in [0.717, 1.165) is 5.56 Å². The lowest BCUT2D eigenvalue weighted by molar-refractivity contribution is 0.471. The van der Waals surface area contributed by atoms with Crippen LogP contribution in [0.4, 0.5) is 11.4 Å². The van der Waals surface area contributed by atoms with Crippen molar-refractivity contribution in [2.24, 2.45) is 0 Å². The van der Waals surface area contributed by atoms with Crippen LogP contribution >= 0.6 is 30.6 Å². The van der Waals surface area contributed by atoms with Gasteiger partial charge in [0, 0.05) is 11.4 Å². The lowest BCUT2D eigenvalue weighted by Crippen LogP contribution is -2.13. The zero-order valence-corrected chi connectivity index (χ0v) is 25.8. The molecule has 0 aliphatic rings. The third kappa shape index (κ3) is 6.81. The van der Waals surface area contributed by atoms with E-state index in [9.17, 15) is 14.8 Å². The van der Waals surface area contributed by atoms with Gasteiger partial charge < -0.3 is 20.4 Å². The van der Waals surface area contributed by atoms with E-state index >= 15 is 0 Å². The lowest BCUT2D eigenvalue weighted by atomic mass is 9.85. The van der Waals surface area contributed by atoms with Crippen molar-refractivity contribution >= 4 is 42.0 Å². The Morgan fingerprint density at radius 3 is 1.42 bits per heavy atom. The minimum Gasteiger partial charge on any atom is -0.506 e. The van der Waals surface area contributed by atoms with Crippen LogP contribution in [-0.4, -0.2) is 10.2 Å². The molecule has 38 heavy (non-hydrogen) atoms. The Labute approximate surface area is 237 Å². The summed E-state index contributed by atoms with van der Waals surface area (Å²) in [6, 6.07) is 11.1. The van der Waals surface area contributed by atoms with E-state index in [0.29, 0.717) is 28.4 Å². The number of aryl methyl sites for hydroxylation is 2. The molecule has 0 saturated carbocycles. The van der Waals surface area contributed by atoms with E-state index < -0.39 is 7.44 Å². The molecule has 0 aromatic heterocycles. The number of nitrogens with one attached hydrogen (secondary N) is 2. The van der Waals surface area contributed by atoms with E-state index in [2.05, 4.69) is 63.8 Å². The quantitative estimate of drug-likeness (QED) is 0.150. The second kappa shape index (κ2) is 11.8. The van der Waals surface area contributed by atoms with E-state index in [1.165, 1.54) is 16.7 Å². The molecule has 3 aromatic carbocycles. The van der Waals surface area contributed by atoms with Gasteiger partial charge in [-0.25, -0.2) is 0 Å². The molecule has 206 valence electrons. The van der Waals surface area contributed by atoms with Gasteiger partial charge >= 0.3 is 0 Å². The first-order chi connectivity index (χ1) is 17.6. The molecular weight excluding hydrogens is 538 g/mol. The first kappa shape index (κ1) is 30.2. The van der Waals surface area contributed by atoms with Crippen molar-refractivity contribution in [3.05, 3.63) is 79.8 Å². The van der Waals surface area contributed by atoms with Gasteiger partial charge in [0.25, 0.3) is 7.44 Å². The minimum atomic E-state index is -3.45. The summed E-state index contributed by atoms with van der Waals surface area (Å²) in [4.78, 5) is 0. The molecular formula is C30H39Cl2N2O3P. The van der Waals surface area contributed by atoms with Gasteiger partial charge in [-0.3, -0.25) is 4.57 Å². The molecule has 4 N–H and O–H groups in total. The molecule has 0 atom stereocenters. The van der Waals surface area contributed by atoms with E-state index in [1.807, 2.05) is 0 Å². The third-order valence-electron chi connectivity index (χ3n) is 6.76. The molecule has 0 radical (unpaired) electrons. The van der Waals surface area contributed by atoms with Crippen LogP contribution in [0.1, 0.15) is 92.7 Å². The van der Waals surface area contributed by atoms with Crippen LogP contribution in [-0.2, 0) is 10.7 Å². The second-order valence-electron chi connectivity index (χ2n) is 11.0. The van der Waals surface area contributed by atoms with Gasteiger partial charge in [0.15, 0.2) is 0 Å². The van der Waals surface area contributed by atoms with Crippen molar-refractivity contribution in [3.63, 3.8) is 0 Å². The van der Waals surface area contributed by atoms with Crippen molar-refractivity contribution in [2.75, 3.05) is 10.2 Å². The summed E-state index contributed by atoms with van der Waals surface area (Å²) >= 11 is 12.5. The van der Waals surface area contributed by atoms with Gasteiger partial charge in [0.05, 0.1) is 16.2 Å². The number of anilines is 2. The fourth-order valence-corrected chi connectivity index (χ4v) is 7.29. The second-order valence-corrected chi connectivity index (χ2v) is 14.1. The Kier molecular flexibility index (Phi) is 9.40. The Balaban J connectivity index is 2.21. The number of hydrogen-bond acceptors (Lipinski definition) is 3. The molecule has 3 rings (SSSR count). The van der Waals surface area contributed by atoms with Crippen LogP contribution in [0.15, 0.2) is 36.4 Å². The summed E-state index contributed by atoms with van der Waals surface area (Å²) < 4.78 is 14.9. The van der Waals surface area contributed by atoms with Gasteiger partial charge in [-0.15, -0.1) is 0 Å². The number of benzene rings is 3. The predicted molar refractivity (Wildman–Crippen MR) is 163 cm³/mol. The molecule has 0 amide bonds. The Morgan fingerprint density at radius 2 is 1.11 bits per heavy atom. The van der Waals surface area contributed by atoms with E-state index in [1.54, 1.807) is 38.1 Å². The van der Waals surface area contributed by atoms with Gasteiger partial charge in [-0.2, -0.15) is 0 Å². The Hall–Kier alpha value is -2.33. The molecule has 8 heteroatoms. The molecule has 0 heterocycles. The largest absolute Gasteiger partial charge is 0.506 e. The number of phenols is 2. The summed E-state index contributed by atoms with van der Waals surface area (Å²) in [5, 5.41) is 27.1. The zero-order chi connectivity index (χ0) is 28.5. The zero-order valence-electron chi connectivity index (χ0n) is 23.4. The highest BCUT2D eigenvalue weighted by Crippen LogP contribution is 2.52. The lowest BCUT2D eigenvalue weighted by Gasteiger charge is -2.28. The van der Waals surface area contributed by atoms with Crippen LogP contribution < -0.4 is 10.2 Å². The highest BCUT2D eigenvalue weighted by Gasteiger charge is 2.29. The predicted octanol–water partition coefficient (Wildman–Crippen LogP) is 10.3. The average Bonchev–Trinajstić information content (AvgIpc) is 2.80. The van der Waals surface area contributed by atoms with Crippen LogP contribution in [0.25, 0.3) is 0 Å². The smallest absolute Gasteiger partial charge is 0.262 e. The number of rotatable bonds is 9. The van der Waals surface area contributed by atoms with Gasteiger partial charge in [-0.1, -0.05) is 76.9 Å². The number of aromatic hydroxyl groups is 2. The number of halogens is 2. The van der Waals surface area contributed by atoms with Crippen LogP contribution in [0.2, 0.25) is 10.0 Å². The minimum absolute atomic E-state index is 0.00517. The van der Waals surface area contributed by atoms with Gasteiger partial charge in [-0.05, 0) is 89.2 Å². The summed E-state index contributed by atoms with van der Waals surface area (Å²) in [5.41, 5.74) is 6.85. The normalized spacial score (nSPS) is 12.0. The van der Waals surface area contributed by atoms with Crippen LogP contribution in [0, 0.1) is 13.8 Å². The van der Waals surface area contributed by atoms with Crippen LogP contribution in [0.3, 0.4) is 0 Å². The van der Waals surface area contributed by atoms with Crippen molar-refractivity contribution < 1.29 is 14.8 Å². The monoisotopic (exact) mass is 576 g/mol. The molecule has 3 aromatic rings. The number of phenolic OH excluding ortho intramolecular Hbond substituents is 2. The van der Waals surface area contributed by atoms with E-state index in [-0.39, 0.29) is 39.5 Å². The first-order valence-electron chi connectivity index (χ1n) is 12.9. The Morgan fingerprint density at radius 1 is 0.711 bits per heavy atom. The summed E-state index contributed by atoms with van der Waals surface area (Å²) in [6.07, 6.45) is 0.224. The molecule has 0 saturated heterocycles. The molecule has 0 bridgehead atoms. The highest BCUT2D eigenvalue weighted by atomic mass is 35.5. The van der Waals surface area contributed by atoms with Gasteiger partial charge in [0.1, 0.15) is 11.5 Å². The fourth-order valence-electron chi connectivity index (χ4n) is 4.64. The molecule has 0 aliphatic carbocycles. The fraction of sp³-hybridized carbons (Fsp3) is 0.400. The average molecular weight is 578 g/mol. The molecule has 0 fully saturated rings. The van der Waals surface area contributed by atoms with Crippen molar-refractivity contribution in [1.29, 1.82) is 0 Å². The SMILES string of the molecule is Cc1cc(NP(=O)(Cc2c(C(C)C)cc(C(C)C)cc2C(C)C)Nc2cc(C)c(O)c(Cl)c2)cc(Cl)c1O. The number of hydrogen-bond donors (Lipinski definition) is 4.